The highest BCUT2D eigenvalue weighted by Gasteiger charge is 2.23. The van der Waals surface area contributed by atoms with E-state index in [1.807, 2.05) is 30.3 Å². The van der Waals surface area contributed by atoms with Crippen molar-refractivity contribution in [3.05, 3.63) is 89.9 Å². The van der Waals surface area contributed by atoms with Gasteiger partial charge in [-0.25, -0.2) is 4.79 Å². The quantitative estimate of drug-likeness (QED) is 0.603. The van der Waals surface area contributed by atoms with Crippen molar-refractivity contribution in [2.45, 2.75) is 12.5 Å². The molecule has 1 aromatic heterocycles. The van der Waals surface area contributed by atoms with Crippen LogP contribution in [-0.2, 0) is 16.0 Å². The zero-order chi connectivity index (χ0) is 20.6. The van der Waals surface area contributed by atoms with E-state index in [0.29, 0.717) is 11.3 Å². The second-order valence-electron chi connectivity index (χ2n) is 6.25. The van der Waals surface area contributed by atoms with Crippen molar-refractivity contribution < 1.29 is 23.5 Å². The number of furan rings is 1. The van der Waals surface area contributed by atoms with Crippen LogP contribution in [0.1, 0.15) is 26.5 Å². The molecule has 0 saturated heterocycles. The second-order valence-corrected chi connectivity index (χ2v) is 6.25. The Hall–Kier alpha value is -3.87. The number of carbonyl (C=O) groups is 3. The fourth-order valence-electron chi connectivity index (χ4n) is 2.77. The molecule has 7 nitrogen and oxygen atoms in total. The Labute approximate surface area is 167 Å². The largest absolute Gasteiger partial charge is 0.465 e. The summed E-state index contributed by atoms with van der Waals surface area (Å²) in [5.74, 6) is -1.30. The molecule has 2 aromatic carbocycles. The van der Waals surface area contributed by atoms with Gasteiger partial charge in [-0.2, -0.15) is 0 Å². The first-order valence-electron chi connectivity index (χ1n) is 8.94. The van der Waals surface area contributed by atoms with E-state index in [1.54, 1.807) is 24.3 Å². The molecule has 0 bridgehead atoms. The molecule has 7 heteroatoms. The van der Waals surface area contributed by atoms with Crippen molar-refractivity contribution in [2.75, 3.05) is 12.4 Å². The van der Waals surface area contributed by atoms with Crippen molar-refractivity contribution in [3.63, 3.8) is 0 Å². The maximum absolute atomic E-state index is 12.9. The van der Waals surface area contributed by atoms with E-state index in [-0.39, 0.29) is 12.2 Å². The molecule has 3 aromatic rings. The van der Waals surface area contributed by atoms with Crippen LogP contribution in [0.2, 0.25) is 0 Å². The summed E-state index contributed by atoms with van der Waals surface area (Å²) in [6, 6.07) is 18.0. The van der Waals surface area contributed by atoms with Crippen LogP contribution in [-0.4, -0.2) is 30.9 Å². The molecule has 148 valence electrons. The van der Waals surface area contributed by atoms with Crippen LogP contribution in [0.15, 0.2) is 77.4 Å². The number of methoxy groups -OCH3 is 1. The van der Waals surface area contributed by atoms with Crippen LogP contribution < -0.4 is 10.6 Å². The van der Waals surface area contributed by atoms with Gasteiger partial charge in [0, 0.05) is 12.1 Å². The molecule has 2 N–H and O–H groups in total. The van der Waals surface area contributed by atoms with Gasteiger partial charge < -0.3 is 19.8 Å². The van der Waals surface area contributed by atoms with Gasteiger partial charge in [-0.05, 0) is 35.9 Å². The van der Waals surface area contributed by atoms with Gasteiger partial charge in [0.2, 0.25) is 5.91 Å². The number of hydrogen-bond donors (Lipinski definition) is 2. The molecule has 1 unspecified atom stereocenters. The maximum atomic E-state index is 12.9. The Bertz CT molecular complexity index is 983. The zero-order valence-corrected chi connectivity index (χ0v) is 15.8. The van der Waals surface area contributed by atoms with Crippen LogP contribution in [0.25, 0.3) is 0 Å². The molecule has 0 aliphatic rings. The lowest BCUT2D eigenvalue weighted by atomic mass is 10.0. The average molecular weight is 392 g/mol. The zero-order valence-electron chi connectivity index (χ0n) is 15.8. The number of hydrogen-bond acceptors (Lipinski definition) is 5. The molecule has 0 saturated carbocycles. The van der Waals surface area contributed by atoms with Crippen molar-refractivity contribution in [2.24, 2.45) is 0 Å². The van der Waals surface area contributed by atoms with E-state index in [4.69, 9.17) is 9.15 Å². The molecule has 0 radical (unpaired) electrons. The Morgan fingerprint density at radius 2 is 1.79 bits per heavy atom. The summed E-state index contributed by atoms with van der Waals surface area (Å²) >= 11 is 0. The highest BCUT2D eigenvalue weighted by molar-refractivity contribution is 6.01. The summed E-state index contributed by atoms with van der Waals surface area (Å²) in [6.45, 7) is 0. The first-order valence-corrected chi connectivity index (χ1v) is 8.94. The number of amides is 2. The van der Waals surface area contributed by atoms with Gasteiger partial charge in [0.25, 0.3) is 5.91 Å². The van der Waals surface area contributed by atoms with Crippen LogP contribution in [0.5, 0.6) is 0 Å². The Morgan fingerprint density at radius 1 is 1.00 bits per heavy atom. The summed E-state index contributed by atoms with van der Waals surface area (Å²) in [6.07, 6.45) is 1.68. The van der Waals surface area contributed by atoms with E-state index in [0.717, 1.165) is 5.56 Å². The van der Waals surface area contributed by atoms with E-state index in [2.05, 4.69) is 10.6 Å². The predicted molar refractivity (Wildman–Crippen MR) is 107 cm³/mol. The number of ether oxygens (including phenoxy) is 1. The lowest BCUT2D eigenvalue weighted by Gasteiger charge is -2.18. The number of rotatable bonds is 7. The normalized spacial score (nSPS) is 11.3. The Balaban J connectivity index is 1.78. The number of benzene rings is 2. The maximum Gasteiger partial charge on any atom is 0.337 e. The third-order valence-corrected chi connectivity index (χ3v) is 4.20. The Kier molecular flexibility index (Phi) is 6.42. The van der Waals surface area contributed by atoms with E-state index >= 15 is 0 Å². The van der Waals surface area contributed by atoms with Crippen molar-refractivity contribution in [1.82, 2.24) is 5.32 Å². The number of esters is 1. The summed E-state index contributed by atoms with van der Waals surface area (Å²) in [5, 5.41) is 5.44. The minimum Gasteiger partial charge on any atom is -0.465 e. The molecule has 0 aliphatic heterocycles. The second kappa shape index (κ2) is 9.36. The third-order valence-electron chi connectivity index (χ3n) is 4.20. The van der Waals surface area contributed by atoms with Crippen molar-refractivity contribution in [3.8, 4) is 0 Å². The van der Waals surface area contributed by atoms with Gasteiger partial charge in [0.1, 0.15) is 6.04 Å². The standard InChI is InChI=1S/C22H20N2O5/c1-28-22(27)16-9-5-10-17(14-16)23-20(25)18(13-15-7-3-2-4-8-15)24-21(26)19-11-6-12-29-19/h2-12,14,18H,13H2,1H3,(H,23,25)(H,24,26). The molecule has 0 spiro atoms. The molecule has 1 heterocycles. The predicted octanol–water partition coefficient (Wildman–Crippen LogP) is 3.05. The molecular formula is C22H20N2O5. The third kappa shape index (κ3) is 5.32. The van der Waals surface area contributed by atoms with Gasteiger partial charge in [-0.1, -0.05) is 36.4 Å². The van der Waals surface area contributed by atoms with Gasteiger partial charge in [-0.15, -0.1) is 0 Å². The summed E-state index contributed by atoms with van der Waals surface area (Å²) in [5.41, 5.74) is 1.61. The monoisotopic (exact) mass is 392 g/mol. The molecule has 0 aliphatic carbocycles. The average Bonchev–Trinajstić information content (AvgIpc) is 3.28. The first kappa shape index (κ1) is 19.9. The van der Waals surface area contributed by atoms with Gasteiger partial charge in [0.15, 0.2) is 5.76 Å². The van der Waals surface area contributed by atoms with Crippen LogP contribution in [0, 0.1) is 0 Å². The lowest BCUT2D eigenvalue weighted by Crippen LogP contribution is -2.45. The fraction of sp³-hybridized carbons (Fsp3) is 0.136. The molecular weight excluding hydrogens is 372 g/mol. The van der Waals surface area contributed by atoms with Gasteiger partial charge >= 0.3 is 5.97 Å². The van der Waals surface area contributed by atoms with E-state index < -0.39 is 23.8 Å². The highest BCUT2D eigenvalue weighted by Crippen LogP contribution is 2.13. The van der Waals surface area contributed by atoms with Gasteiger partial charge in [-0.3, -0.25) is 9.59 Å². The first-order chi connectivity index (χ1) is 14.1. The number of carbonyl (C=O) groups excluding carboxylic acids is 3. The molecule has 2 amide bonds. The minimum absolute atomic E-state index is 0.114. The number of anilines is 1. The van der Waals surface area contributed by atoms with Crippen LogP contribution in [0.3, 0.4) is 0 Å². The molecule has 3 rings (SSSR count). The molecule has 0 fully saturated rings. The highest BCUT2D eigenvalue weighted by atomic mass is 16.5. The minimum atomic E-state index is -0.850. The lowest BCUT2D eigenvalue weighted by molar-refractivity contribution is -0.118. The smallest absolute Gasteiger partial charge is 0.337 e. The summed E-state index contributed by atoms with van der Waals surface area (Å²) in [7, 11) is 1.29. The summed E-state index contributed by atoms with van der Waals surface area (Å²) in [4.78, 5) is 37.0. The van der Waals surface area contributed by atoms with Crippen LogP contribution in [0.4, 0.5) is 5.69 Å². The van der Waals surface area contributed by atoms with Crippen molar-refractivity contribution in [1.29, 1.82) is 0 Å². The number of nitrogens with one attached hydrogen (secondary N) is 2. The molecule has 1 atom stereocenters. The Morgan fingerprint density at radius 3 is 2.48 bits per heavy atom. The van der Waals surface area contributed by atoms with E-state index in [1.165, 1.54) is 25.5 Å². The van der Waals surface area contributed by atoms with Gasteiger partial charge in [0.05, 0.1) is 18.9 Å². The van der Waals surface area contributed by atoms with Crippen molar-refractivity contribution >= 4 is 23.5 Å². The summed E-state index contributed by atoms with van der Waals surface area (Å²) < 4.78 is 9.80. The topological polar surface area (TPSA) is 97.6 Å². The SMILES string of the molecule is COC(=O)c1cccc(NC(=O)C(Cc2ccccc2)NC(=O)c2ccco2)c1. The fourth-order valence-corrected chi connectivity index (χ4v) is 2.77. The molecule has 29 heavy (non-hydrogen) atoms. The van der Waals surface area contributed by atoms with E-state index in [9.17, 15) is 14.4 Å². The van der Waals surface area contributed by atoms with Crippen LogP contribution >= 0.6 is 0 Å².